The maximum atomic E-state index is 13.2. The highest BCUT2D eigenvalue weighted by Gasteiger charge is 2.27. The Labute approximate surface area is 142 Å². The van der Waals surface area contributed by atoms with Crippen molar-refractivity contribution in [2.24, 2.45) is 0 Å². The summed E-state index contributed by atoms with van der Waals surface area (Å²) in [6.07, 6.45) is 0. The monoisotopic (exact) mass is 349 g/mol. The van der Waals surface area contributed by atoms with E-state index in [1.54, 1.807) is 24.0 Å². The van der Waals surface area contributed by atoms with E-state index in [0.29, 0.717) is 30.6 Å². The largest absolute Gasteiger partial charge is 0.335 e. The van der Waals surface area contributed by atoms with E-state index in [-0.39, 0.29) is 24.3 Å². The zero-order valence-electron chi connectivity index (χ0n) is 13.0. The first-order valence-corrected chi connectivity index (χ1v) is 8.17. The van der Waals surface area contributed by atoms with Gasteiger partial charge in [-0.3, -0.25) is 10.1 Å². The second-order valence-electron chi connectivity index (χ2n) is 5.44. The van der Waals surface area contributed by atoms with Gasteiger partial charge in [0.1, 0.15) is 18.2 Å². The van der Waals surface area contributed by atoms with Gasteiger partial charge in [-0.05, 0) is 24.6 Å². The maximum Gasteiger partial charge on any atom is 0.324 e. The summed E-state index contributed by atoms with van der Waals surface area (Å²) >= 11 is 1.10. The molecule has 3 amide bonds. The number of aryl methyl sites for hydroxylation is 1. The van der Waals surface area contributed by atoms with Gasteiger partial charge in [-0.15, -0.1) is 0 Å². The Bertz CT molecular complexity index is 766. The number of nitrogens with zero attached hydrogens (tertiary/aromatic N) is 4. The predicted octanol–water partition coefficient (Wildman–Crippen LogP) is 1.86. The second kappa shape index (κ2) is 6.91. The van der Waals surface area contributed by atoms with Crippen LogP contribution in [0.15, 0.2) is 24.3 Å². The fraction of sp³-hybridized carbons (Fsp3) is 0.333. The van der Waals surface area contributed by atoms with Crippen LogP contribution in [0.4, 0.5) is 14.3 Å². The van der Waals surface area contributed by atoms with Crippen molar-refractivity contribution in [1.29, 1.82) is 0 Å². The van der Waals surface area contributed by atoms with Gasteiger partial charge >= 0.3 is 6.03 Å². The number of rotatable bonds is 3. The third-order valence-electron chi connectivity index (χ3n) is 3.61. The molecule has 1 aromatic heterocycles. The van der Waals surface area contributed by atoms with Crippen LogP contribution < -0.4 is 5.32 Å². The minimum absolute atomic E-state index is 0.0149. The number of hydrogen-bond donors (Lipinski definition) is 1. The molecule has 2 heterocycles. The Morgan fingerprint density at radius 1 is 1.42 bits per heavy atom. The van der Waals surface area contributed by atoms with Crippen molar-refractivity contribution in [3.8, 4) is 0 Å². The van der Waals surface area contributed by atoms with Crippen LogP contribution in [-0.2, 0) is 11.3 Å². The van der Waals surface area contributed by atoms with Crippen LogP contribution in [-0.4, -0.2) is 50.7 Å². The standard InChI is InChI=1S/C15H16FN5O2S/c1-10-17-14(24-19-10)18-15(23)21-6-5-20(13(22)9-21)8-11-3-2-4-12(16)7-11/h2-4,7H,5-6,8-9H2,1H3,(H,17,18,19,23). The van der Waals surface area contributed by atoms with E-state index < -0.39 is 0 Å². The van der Waals surface area contributed by atoms with Crippen molar-refractivity contribution in [1.82, 2.24) is 19.2 Å². The number of piperazine rings is 1. The van der Waals surface area contributed by atoms with Gasteiger partial charge in [0, 0.05) is 31.2 Å². The average Bonchev–Trinajstić information content (AvgIpc) is 2.94. The Morgan fingerprint density at radius 3 is 2.92 bits per heavy atom. The normalized spacial score (nSPS) is 14.8. The first-order valence-electron chi connectivity index (χ1n) is 7.40. The third kappa shape index (κ3) is 3.85. The minimum atomic E-state index is -0.370. The van der Waals surface area contributed by atoms with E-state index in [9.17, 15) is 14.0 Å². The highest BCUT2D eigenvalue weighted by Crippen LogP contribution is 2.14. The lowest BCUT2D eigenvalue weighted by Crippen LogP contribution is -2.52. The number of carbonyl (C=O) groups excluding carboxylic acids is 2. The molecule has 0 bridgehead atoms. The molecule has 3 rings (SSSR count). The number of carbonyl (C=O) groups is 2. The maximum absolute atomic E-state index is 13.2. The van der Waals surface area contributed by atoms with Gasteiger partial charge < -0.3 is 9.80 Å². The molecular weight excluding hydrogens is 333 g/mol. The smallest absolute Gasteiger partial charge is 0.324 e. The highest BCUT2D eigenvalue weighted by atomic mass is 32.1. The van der Waals surface area contributed by atoms with Gasteiger partial charge in [-0.1, -0.05) is 12.1 Å². The molecule has 126 valence electrons. The second-order valence-corrected chi connectivity index (χ2v) is 6.20. The molecule has 1 aromatic carbocycles. The summed E-state index contributed by atoms with van der Waals surface area (Å²) in [4.78, 5) is 31.5. The number of nitrogens with one attached hydrogen (secondary N) is 1. The SMILES string of the molecule is Cc1nsc(NC(=O)N2CCN(Cc3cccc(F)c3)C(=O)C2)n1. The van der Waals surface area contributed by atoms with Crippen LogP contribution in [0.25, 0.3) is 0 Å². The zero-order chi connectivity index (χ0) is 17.1. The molecule has 24 heavy (non-hydrogen) atoms. The van der Waals surface area contributed by atoms with E-state index in [2.05, 4.69) is 14.7 Å². The summed E-state index contributed by atoms with van der Waals surface area (Å²) in [5.74, 6) is 0.0886. The number of aromatic nitrogens is 2. The molecule has 9 heteroatoms. The van der Waals surface area contributed by atoms with Crippen molar-refractivity contribution in [2.75, 3.05) is 25.0 Å². The van der Waals surface area contributed by atoms with E-state index >= 15 is 0 Å². The predicted molar refractivity (Wildman–Crippen MR) is 87.1 cm³/mol. The van der Waals surface area contributed by atoms with E-state index in [0.717, 1.165) is 17.1 Å². The molecular formula is C15H16FN5O2S. The van der Waals surface area contributed by atoms with Crippen molar-refractivity contribution in [2.45, 2.75) is 13.5 Å². The summed E-state index contributed by atoms with van der Waals surface area (Å²) in [5, 5.41) is 3.05. The molecule has 2 aromatic rings. The molecule has 0 atom stereocenters. The van der Waals surface area contributed by atoms with Gasteiger partial charge in [0.05, 0.1) is 0 Å². The minimum Gasteiger partial charge on any atom is -0.335 e. The first kappa shape index (κ1) is 16.3. The summed E-state index contributed by atoms with van der Waals surface area (Å²) in [5.41, 5.74) is 0.727. The van der Waals surface area contributed by atoms with Crippen LogP contribution in [0, 0.1) is 12.7 Å². The Morgan fingerprint density at radius 2 is 2.25 bits per heavy atom. The van der Waals surface area contributed by atoms with Crippen molar-refractivity contribution in [3.05, 3.63) is 41.5 Å². The van der Waals surface area contributed by atoms with Crippen molar-refractivity contribution < 1.29 is 14.0 Å². The lowest BCUT2D eigenvalue weighted by molar-refractivity contribution is -0.135. The Kier molecular flexibility index (Phi) is 4.70. The Balaban J connectivity index is 1.56. The molecule has 0 saturated carbocycles. The van der Waals surface area contributed by atoms with Crippen LogP contribution in [0.3, 0.4) is 0 Å². The van der Waals surface area contributed by atoms with Crippen LogP contribution in [0.5, 0.6) is 0 Å². The number of amides is 3. The molecule has 7 nitrogen and oxygen atoms in total. The molecule has 1 N–H and O–H groups in total. The average molecular weight is 349 g/mol. The molecule has 0 radical (unpaired) electrons. The number of benzene rings is 1. The Hall–Kier alpha value is -2.55. The molecule has 0 unspecified atom stereocenters. The summed E-state index contributed by atoms with van der Waals surface area (Å²) in [7, 11) is 0. The topological polar surface area (TPSA) is 78.4 Å². The van der Waals surface area contributed by atoms with E-state index in [4.69, 9.17) is 0 Å². The summed E-state index contributed by atoms with van der Waals surface area (Å²) in [6, 6.07) is 5.79. The molecule has 0 aliphatic carbocycles. The number of urea groups is 1. The quantitative estimate of drug-likeness (QED) is 0.917. The van der Waals surface area contributed by atoms with E-state index in [1.165, 1.54) is 17.0 Å². The molecule has 1 aliphatic rings. The van der Waals surface area contributed by atoms with Gasteiger partial charge in [0.25, 0.3) is 0 Å². The first-order chi connectivity index (χ1) is 11.5. The summed E-state index contributed by atoms with van der Waals surface area (Å²) in [6.45, 7) is 2.87. The molecule has 0 spiro atoms. The molecule has 1 fully saturated rings. The zero-order valence-corrected chi connectivity index (χ0v) is 13.8. The van der Waals surface area contributed by atoms with Crippen LogP contribution in [0.1, 0.15) is 11.4 Å². The fourth-order valence-electron chi connectivity index (χ4n) is 2.42. The summed E-state index contributed by atoms with van der Waals surface area (Å²) < 4.78 is 17.2. The lowest BCUT2D eigenvalue weighted by atomic mass is 10.2. The highest BCUT2D eigenvalue weighted by molar-refractivity contribution is 7.09. The third-order valence-corrected chi connectivity index (χ3v) is 4.33. The number of halogens is 1. The number of hydrogen-bond acceptors (Lipinski definition) is 5. The van der Waals surface area contributed by atoms with Crippen LogP contribution >= 0.6 is 11.5 Å². The molecule has 1 aliphatic heterocycles. The van der Waals surface area contributed by atoms with E-state index in [1.807, 2.05) is 0 Å². The van der Waals surface area contributed by atoms with Crippen molar-refractivity contribution in [3.63, 3.8) is 0 Å². The lowest BCUT2D eigenvalue weighted by Gasteiger charge is -2.34. The molecule has 1 saturated heterocycles. The fourth-order valence-corrected chi connectivity index (χ4v) is 2.99. The van der Waals surface area contributed by atoms with Crippen LogP contribution in [0.2, 0.25) is 0 Å². The van der Waals surface area contributed by atoms with Crippen molar-refractivity contribution >= 4 is 28.6 Å². The van der Waals surface area contributed by atoms with Gasteiger partial charge in [0.2, 0.25) is 11.0 Å². The van der Waals surface area contributed by atoms with Gasteiger partial charge in [0.15, 0.2) is 0 Å². The number of anilines is 1. The van der Waals surface area contributed by atoms with Gasteiger partial charge in [-0.2, -0.15) is 4.37 Å². The van der Waals surface area contributed by atoms with Gasteiger partial charge in [-0.25, -0.2) is 14.2 Å².